The average Bonchev–Trinajstić information content (AvgIpc) is 2.70. The van der Waals surface area contributed by atoms with Gasteiger partial charge < -0.3 is 5.73 Å². The van der Waals surface area contributed by atoms with E-state index >= 15 is 0 Å². The van der Waals surface area contributed by atoms with Gasteiger partial charge in [0.05, 0.1) is 3.79 Å². The summed E-state index contributed by atoms with van der Waals surface area (Å²) in [7, 11) is 2.18. The number of likely N-dealkylation sites (N-methyl/N-ethyl adjacent to an activating group) is 1. The minimum atomic E-state index is 0.514. The van der Waals surface area contributed by atoms with E-state index < -0.39 is 0 Å². The Bertz CT molecular complexity index is 314. The molecule has 0 saturated carbocycles. The predicted octanol–water partition coefficient (Wildman–Crippen LogP) is 3.85. The van der Waals surface area contributed by atoms with Crippen molar-refractivity contribution in [2.75, 3.05) is 13.6 Å². The Labute approximate surface area is 117 Å². The molecule has 0 aliphatic rings. The summed E-state index contributed by atoms with van der Waals surface area (Å²) in [6.07, 6.45) is 5.09. The summed E-state index contributed by atoms with van der Waals surface area (Å²) in [5.74, 6) is 0. The number of nitrogens with two attached hydrogens (primary N) is 1. The molecule has 2 nitrogen and oxygen atoms in total. The van der Waals surface area contributed by atoms with Crippen LogP contribution in [0.5, 0.6) is 0 Å². The van der Waals surface area contributed by atoms with Crippen molar-refractivity contribution in [2.24, 2.45) is 5.73 Å². The third-order valence-electron chi connectivity index (χ3n) is 3.09. The van der Waals surface area contributed by atoms with Gasteiger partial charge in [-0.2, -0.15) is 0 Å². The number of hydrogen-bond acceptors (Lipinski definition) is 3. The van der Waals surface area contributed by atoms with Gasteiger partial charge in [0.2, 0.25) is 0 Å². The smallest absolute Gasteiger partial charge is 0.0701 e. The summed E-state index contributed by atoms with van der Waals surface area (Å²) in [4.78, 5) is 2.38. The first kappa shape index (κ1) is 15.2. The monoisotopic (exact) mass is 318 g/mol. The molecule has 0 saturated heterocycles. The average molecular weight is 319 g/mol. The second-order valence-electron chi connectivity index (χ2n) is 4.56. The quantitative estimate of drug-likeness (QED) is 0.738. The highest BCUT2D eigenvalue weighted by atomic mass is 79.9. The molecule has 0 fully saturated rings. The minimum Gasteiger partial charge on any atom is -0.329 e. The van der Waals surface area contributed by atoms with Crippen LogP contribution in [0.2, 0.25) is 0 Å². The standard InChI is InChI=1S/C13H23BrN2S/c1-3-4-5-6-12(8-15)16(2)9-11-7-13(14)17-10-11/h7,10,12H,3-6,8-9,15H2,1-2H3. The van der Waals surface area contributed by atoms with Crippen molar-refractivity contribution in [3.8, 4) is 0 Å². The maximum absolute atomic E-state index is 5.87. The van der Waals surface area contributed by atoms with Crippen LogP contribution in [0.25, 0.3) is 0 Å². The molecule has 1 heterocycles. The highest BCUT2D eigenvalue weighted by molar-refractivity contribution is 9.11. The van der Waals surface area contributed by atoms with Crippen LogP contribution in [0.3, 0.4) is 0 Å². The fourth-order valence-corrected chi connectivity index (χ4v) is 3.19. The summed E-state index contributed by atoms with van der Waals surface area (Å²) in [6, 6.07) is 2.71. The van der Waals surface area contributed by atoms with Crippen LogP contribution in [0.15, 0.2) is 15.2 Å². The van der Waals surface area contributed by atoms with Crippen LogP contribution < -0.4 is 5.73 Å². The molecule has 1 aromatic rings. The zero-order valence-corrected chi connectivity index (χ0v) is 13.2. The van der Waals surface area contributed by atoms with E-state index in [2.05, 4.69) is 46.2 Å². The third-order valence-corrected chi connectivity index (χ3v) is 4.64. The van der Waals surface area contributed by atoms with Gasteiger partial charge in [-0.1, -0.05) is 26.2 Å². The zero-order chi connectivity index (χ0) is 12.7. The van der Waals surface area contributed by atoms with E-state index in [1.54, 1.807) is 11.3 Å². The van der Waals surface area contributed by atoms with E-state index in [4.69, 9.17) is 5.73 Å². The maximum atomic E-state index is 5.87. The van der Waals surface area contributed by atoms with Gasteiger partial charge in [0.25, 0.3) is 0 Å². The summed E-state index contributed by atoms with van der Waals surface area (Å²) in [6.45, 7) is 3.99. The SMILES string of the molecule is CCCCCC(CN)N(C)Cc1csc(Br)c1. The minimum absolute atomic E-state index is 0.514. The second kappa shape index (κ2) is 8.25. The lowest BCUT2D eigenvalue weighted by Crippen LogP contribution is -2.37. The number of thiophene rings is 1. The molecule has 4 heteroatoms. The summed E-state index contributed by atoms with van der Waals surface area (Å²) < 4.78 is 1.20. The Hall–Kier alpha value is 0.100. The Balaban J connectivity index is 2.40. The van der Waals surface area contributed by atoms with Crippen molar-refractivity contribution in [1.82, 2.24) is 4.90 Å². The first-order chi connectivity index (χ1) is 8.17. The van der Waals surface area contributed by atoms with Crippen molar-refractivity contribution >= 4 is 27.3 Å². The molecule has 17 heavy (non-hydrogen) atoms. The van der Waals surface area contributed by atoms with Gasteiger partial charge >= 0.3 is 0 Å². The van der Waals surface area contributed by atoms with Crippen LogP contribution in [0.1, 0.15) is 38.2 Å². The first-order valence-corrected chi connectivity index (χ1v) is 7.97. The van der Waals surface area contributed by atoms with E-state index in [9.17, 15) is 0 Å². The normalized spacial score (nSPS) is 13.2. The summed E-state index contributed by atoms with van der Waals surface area (Å²) in [5, 5.41) is 2.21. The lowest BCUT2D eigenvalue weighted by molar-refractivity contribution is 0.223. The molecule has 0 aliphatic heterocycles. The highest BCUT2D eigenvalue weighted by Gasteiger charge is 2.13. The van der Waals surface area contributed by atoms with Crippen LogP contribution in [0.4, 0.5) is 0 Å². The van der Waals surface area contributed by atoms with Gasteiger partial charge in [0.15, 0.2) is 0 Å². The van der Waals surface area contributed by atoms with Gasteiger partial charge in [0.1, 0.15) is 0 Å². The van der Waals surface area contributed by atoms with Crippen LogP contribution in [-0.4, -0.2) is 24.5 Å². The van der Waals surface area contributed by atoms with Crippen molar-refractivity contribution in [3.63, 3.8) is 0 Å². The number of rotatable bonds is 8. The molecule has 0 aromatic carbocycles. The zero-order valence-electron chi connectivity index (χ0n) is 10.8. The topological polar surface area (TPSA) is 29.3 Å². The molecule has 1 atom stereocenters. The van der Waals surface area contributed by atoms with Crippen LogP contribution in [0, 0.1) is 0 Å². The summed E-state index contributed by atoms with van der Waals surface area (Å²) in [5.41, 5.74) is 7.24. The second-order valence-corrected chi connectivity index (χ2v) is 6.85. The van der Waals surface area contributed by atoms with Crippen LogP contribution >= 0.6 is 27.3 Å². The molecular formula is C13H23BrN2S. The van der Waals surface area contributed by atoms with Gasteiger partial charge in [-0.25, -0.2) is 0 Å². The number of halogens is 1. The van der Waals surface area contributed by atoms with Gasteiger partial charge in [-0.15, -0.1) is 11.3 Å². The Kier molecular flexibility index (Phi) is 7.35. The molecular weight excluding hydrogens is 296 g/mol. The molecule has 0 spiro atoms. The molecule has 0 amide bonds. The largest absolute Gasteiger partial charge is 0.329 e. The van der Waals surface area contributed by atoms with Gasteiger partial charge in [-0.3, -0.25) is 4.90 Å². The first-order valence-electron chi connectivity index (χ1n) is 6.30. The Morgan fingerprint density at radius 1 is 1.47 bits per heavy atom. The fraction of sp³-hybridized carbons (Fsp3) is 0.692. The van der Waals surface area contributed by atoms with E-state index in [-0.39, 0.29) is 0 Å². The molecule has 0 aliphatic carbocycles. The molecule has 1 aromatic heterocycles. The van der Waals surface area contributed by atoms with E-state index in [0.717, 1.165) is 13.1 Å². The van der Waals surface area contributed by atoms with Crippen molar-refractivity contribution in [3.05, 3.63) is 20.8 Å². The predicted molar refractivity (Wildman–Crippen MR) is 80.5 cm³/mol. The van der Waals surface area contributed by atoms with Gasteiger partial charge in [0, 0.05) is 19.1 Å². The molecule has 98 valence electrons. The van der Waals surface area contributed by atoms with Crippen molar-refractivity contribution in [1.29, 1.82) is 0 Å². The highest BCUT2D eigenvalue weighted by Crippen LogP contribution is 2.22. The van der Waals surface area contributed by atoms with E-state index in [0.29, 0.717) is 6.04 Å². The lowest BCUT2D eigenvalue weighted by atomic mass is 10.1. The van der Waals surface area contributed by atoms with Crippen molar-refractivity contribution in [2.45, 2.75) is 45.2 Å². The van der Waals surface area contributed by atoms with Crippen LogP contribution in [-0.2, 0) is 6.54 Å². The number of unbranched alkanes of at least 4 members (excludes halogenated alkanes) is 2. The third kappa shape index (κ3) is 5.51. The molecule has 0 bridgehead atoms. The number of hydrogen-bond donors (Lipinski definition) is 1. The lowest BCUT2D eigenvalue weighted by Gasteiger charge is -2.26. The Morgan fingerprint density at radius 2 is 2.24 bits per heavy atom. The summed E-state index contributed by atoms with van der Waals surface area (Å²) >= 11 is 5.25. The van der Waals surface area contributed by atoms with E-state index in [1.807, 2.05) is 0 Å². The molecule has 1 rings (SSSR count). The number of nitrogens with zero attached hydrogens (tertiary/aromatic N) is 1. The molecule has 1 unspecified atom stereocenters. The van der Waals surface area contributed by atoms with Gasteiger partial charge in [-0.05, 0) is 46.4 Å². The fourth-order valence-electron chi connectivity index (χ4n) is 1.99. The van der Waals surface area contributed by atoms with Crippen molar-refractivity contribution < 1.29 is 0 Å². The Morgan fingerprint density at radius 3 is 2.76 bits per heavy atom. The van der Waals surface area contributed by atoms with E-state index in [1.165, 1.54) is 35.0 Å². The molecule has 0 radical (unpaired) electrons. The maximum Gasteiger partial charge on any atom is 0.0701 e. The molecule has 2 N–H and O–H groups in total.